The van der Waals surface area contributed by atoms with Crippen LogP contribution in [0.5, 0.6) is 6.01 Å². The summed E-state index contributed by atoms with van der Waals surface area (Å²) < 4.78 is 5.47. The lowest BCUT2D eigenvalue weighted by Crippen LogP contribution is -2.12. The normalized spacial score (nSPS) is 10.8. The molecule has 0 aliphatic carbocycles. The third-order valence-electron chi connectivity index (χ3n) is 2.94. The Morgan fingerprint density at radius 3 is 2.95 bits per heavy atom. The van der Waals surface area contributed by atoms with Crippen molar-refractivity contribution < 1.29 is 4.74 Å². The van der Waals surface area contributed by atoms with Crippen molar-refractivity contribution in [1.82, 2.24) is 9.97 Å². The average molecular weight is 261 g/mol. The number of hydrogen-bond donors (Lipinski definition) is 2. The van der Waals surface area contributed by atoms with E-state index in [0.717, 1.165) is 12.8 Å². The first-order valence-electron chi connectivity index (χ1n) is 6.63. The monoisotopic (exact) mass is 261 g/mol. The Morgan fingerprint density at radius 2 is 2.16 bits per heavy atom. The number of anilines is 1. The maximum absolute atomic E-state index is 11.9. The van der Waals surface area contributed by atoms with Gasteiger partial charge in [0.05, 0.1) is 17.5 Å². The van der Waals surface area contributed by atoms with E-state index in [1.807, 2.05) is 0 Å². The Kier molecular flexibility index (Phi) is 4.39. The van der Waals surface area contributed by atoms with Crippen molar-refractivity contribution in [2.24, 2.45) is 0 Å². The number of hydrogen-bond acceptors (Lipinski definition) is 4. The number of benzene rings is 1. The van der Waals surface area contributed by atoms with Crippen molar-refractivity contribution in [1.29, 1.82) is 0 Å². The van der Waals surface area contributed by atoms with Gasteiger partial charge in [0, 0.05) is 5.69 Å². The number of nitrogens with zero attached hydrogens (tertiary/aromatic N) is 1. The van der Waals surface area contributed by atoms with E-state index in [-0.39, 0.29) is 11.6 Å². The minimum Gasteiger partial charge on any atom is -0.465 e. The van der Waals surface area contributed by atoms with Gasteiger partial charge in [-0.25, -0.2) is 0 Å². The number of nitrogen functional groups attached to an aromatic ring is 1. The predicted octanol–water partition coefficient (Wildman–Crippen LogP) is 2.46. The zero-order valence-corrected chi connectivity index (χ0v) is 11.1. The first-order chi connectivity index (χ1) is 9.20. The van der Waals surface area contributed by atoms with Gasteiger partial charge in [0.2, 0.25) is 0 Å². The first kappa shape index (κ1) is 13.4. The molecule has 3 N–H and O–H groups in total. The molecule has 5 nitrogen and oxygen atoms in total. The molecule has 2 aromatic rings. The Hall–Kier alpha value is -2.04. The molecule has 0 saturated carbocycles. The van der Waals surface area contributed by atoms with Crippen LogP contribution in [-0.2, 0) is 0 Å². The molecule has 2 rings (SSSR count). The summed E-state index contributed by atoms with van der Waals surface area (Å²) in [5.41, 5.74) is 6.57. The second kappa shape index (κ2) is 6.22. The predicted molar refractivity (Wildman–Crippen MR) is 76.4 cm³/mol. The Bertz CT molecular complexity index is 607. The molecule has 0 saturated heterocycles. The molecule has 0 spiro atoms. The van der Waals surface area contributed by atoms with Gasteiger partial charge in [-0.2, -0.15) is 4.98 Å². The number of ether oxygens (including phenoxy) is 1. The van der Waals surface area contributed by atoms with Crippen LogP contribution in [0.2, 0.25) is 0 Å². The standard InChI is InChI=1S/C14H19N3O2/c1-2-3-4-5-8-19-14-16-12-7-6-10(15)9-11(12)13(18)17-14/h6-7,9H,2-5,8,15H2,1H3,(H,16,17,18). The molecule has 102 valence electrons. The Labute approximate surface area is 111 Å². The molecule has 0 amide bonds. The van der Waals surface area contributed by atoms with Gasteiger partial charge in [-0.15, -0.1) is 0 Å². The molecule has 1 heterocycles. The number of H-pyrrole nitrogens is 1. The summed E-state index contributed by atoms with van der Waals surface area (Å²) in [5.74, 6) is 0. The zero-order chi connectivity index (χ0) is 13.7. The van der Waals surface area contributed by atoms with Crippen LogP contribution in [0.1, 0.15) is 32.6 Å². The van der Waals surface area contributed by atoms with Crippen molar-refractivity contribution in [3.8, 4) is 6.01 Å². The van der Waals surface area contributed by atoms with Gasteiger partial charge < -0.3 is 10.5 Å². The third kappa shape index (κ3) is 3.47. The maximum atomic E-state index is 11.9. The van der Waals surface area contributed by atoms with Crippen LogP contribution in [-0.4, -0.2) is 16.6 Å². The fraction of sp³-hybridized carbons (Fsp3) is 0.429. The van der Waals surface area contributed by atoms with Gasteiger partial charge >= 0.3 is 0 Å². The number of nitrogens with two attached hydrogens (primary N) is 1. The van der Waals surface area contributed by atoms with Crippen LogP contribution in [0.25, 0.3) is 10.9 Å². The number of unbranched alkanes of at least 4 members (excludes halogenated alkanes) is 3. The van der Waals surface area contributed by atoms with Crippen LogP contribution in [0.4, 0.5) is 5.69 Å². The SMILES string of the molecule is CCCCCCOc1nc2ccc(N)cc2c(=O)[nH]1. The Morgan fingerprint density at radius 1 is 1.32 bits per heavy atom. The first-order valence-corrected chi connectivity index (χ1v) is 6.63. The molecule has 0 unspecified atom stereocenters. The van der Waals surface area contributed by atoms with Crippen LogP contribution < -0.4 is 16.0 Å². The van der Waals surface area contributed by atoms with Gasteiger partial charge in [-0.3, -0.25) is 9.78 Å². The fourth-order valence-electron chi connectivity index (χ4n) is 1.90. The Balaban J connectivity index is 2.08. The minimum atomic E-state index is -0.221. The van der Waals surface area contributed by atoms with Crippen molar-refractivity contribution in [2.75, 3.05) is 12.3 Å². The number of rotatable bonds is 6. The maximum Gasteiger partial charge on any atom is 0.297 e. The van der Waals surface area contributed by atoms with Crippen LogP contribution in [0.3, 0.4) is 0 Å². The number of aromatic amines is 1. The highest BCUT2D eigenvalue weighted by Crippen LogP contribution is 2.13. The number of nitrogens with one attached hydrogen (secondary N) is 1. The van der Waals surface area contributed by atoms with Crippen molar-refractivity contribution >= 4 is 16.6 Å². The molecular formula is C14H19N3O2. The molecule has 1 aromatic heterocycles. The number of aromatic nitrogens is 2. The van der Waals surface area contributed by atoms with Gasteiger partial charge in [0.15, 0.2) is 0 Å². The smallest absolute Gasteiger partial charge is 0.297 e. The summed E-state index contributed by atoms with van der Waals surface area (Å²) in [6, 6.07) is 5.34. The minimum absolute atomic E-state index is 0.221. The third-order valence-corrected chi connectivity index (χ3v) is 2.94. The van der Waals surface area contributed by atoms with E-state index in [4.69, 9.17) is 10.5 Å². The molecule has 0 atom stereocenters. The summed E-state index contributed by atoms with van der Waals surface area (Å²) in [4.78, 5) is 18.7. The van der Waals surface area contributed by atoms with Gasteiger partial charge in [-0.05, 0) is 24.6 Å². The largest absolute Gasteiger partial charge is 0.465 e. The second-order valence-electron chi connectivity index (χ2n) is 4.56. The molecule has 0 fully saturated rings. The summed E-state index contributed by atoms with van der Waals surface area (Å²) in [6.07, 6.45) is 4.49. The quantitative estimate of drug-likeness (QED) is 0.618. The van der Waals surface area contributed by atoms with E-state index in [9.17, 15) is 4.79 Å². The zero-order valence-electron chi connectivity index (χ0n) is 11.1. The average Bonchev–Trinajstić information content (AvgIpc) is 2.39. The van der Waals surface area contributed by atoms with Gasteiger partial charge in [-0.1, -0.05) is 26.2 Å². The lowest BCUT2D eigenvalue weighted by atomic mass is 10.2. The molecule has 0 radical (unpaired) electrons. The molecule has 0 aliphatic heterocycles. The molecule has 0 bridgehead atoms. The van der Waals surface area contributed by atoms with Crippen LogP contribution in [0, 0.1) is 0 Å². The topological polar surface area (TPSA) is 81.0 Å². The highest BCUT2D eigenvalue weighted by atomic mass is 16.5. The molecular weight excluding hydrogens is 242 g/mol. The fourth-order valence-corrected chi connectivity index (χ4v) is 1.90. The van der Waals surface area contributed by atoms with Crippen LogP contribution >= 0.6 is 0 Å². The summed E-state index contributed by atoms with van der Waals surface area (Å²) in [5, 5.41) is 0.485. The van der Waals surface area contributed by atoms with E-state index >= 15 is 0 Å². The lowest BCUT2D eigenvalue weighted by molar-refractivity contribution is 0.282. The van der Waals surface area contributed by atoms with Gasteiger partial charge in [0.1, 0.15) is 0 Å². The molecule has 5 heteroatoms. The molecule has 19 heavy (non-hydrogen) atoms. The second-order valence-corrected chi connectivity index (χ2v) is 4.56. The van der Waals surface area contributed by atoms with E-state index in [1.165, 1.54) is 12.8 Å². The lowest BCUT2D eigenvalue weighted by Gasteiger charge is -2.05. The van der Waals surface area contributed by atoms with E-state index < -0.39 is 0 Å². The highest BCUT2D eigenvalue weighted by molar-refractivity contribution is 5.81. The molecule has 0 aliphatic rings. The summed E-state index contributed by atoms with van der Waals surface area (Å²) in [7, 11) is 0. The number of fused-ring (bicyclic) bond motifs is 1. The van der Waals surface area contributed by atoms with E-state index in [2.05, 4.69) is 16.9 Å². The molecule has 1 aromatic carbocycles. The van der Waals surface area contributed by atoms with Gasteiger partial charge in [0.25, 0.3) is 11.6 Å². The van der Waals surface area contributed by atoms with Crippen molar-refractivity contribution in [2.45, 2.75) is 32.6 Å². The highest BCUT2D eigenvalue weighted by Gasteiger charge is 2.04. The van der Waals surface area contributed by atoms with E-state index in [1.54, 1.807) is 18.2 Å². The van der Waals surface area contributed by atoms with Crippen LogP contribution in [0.15, 0.2) is 23.0 Å². The summed E-state index contributed by atoms with van der Waals surface area (Å²) >= 11 is 0. The van der Waals surface area contributed by atoms with Crippen molar-refractivity contribution in [3.63, 3.8) is 0 Å². The summed E-state index contributed by atoms with van der Waals surface area (Å²) in [6.45, 7) is 2.73. The van der Waals surface area contributed by atoms with E-state index in [0.29, 0.717) is 23.2 Å². The van der Waals surface area contributed by atoms with Crippen molar-refractivity contribution in [3.05, 3.63) is 28.6 Å².